The molecule has 0 spiro atoms. The minimum Gasteiger partial charge on any atom is -0.478 e. The van der Waals surface area contributed by atoms with Crippen molar-refractivity contribution in [2.75, 3.05) is 13.1 Å². The average Bonchev–Trinajstić information content (AvgIpc) is 3.05. The lowest BCUT2D eigenvalue weighted by Crippen LogP contribution is -2.48. The standard InChI is InChI=1S/C37H42N2O6S2/c1-26(2)28-16-18-29(19-17-28)31-10-7-13-35(24-31)47(43,44)39-22-8-11-32(25-39)30-9-6-12-33(23-30)45-37(4,5)36(40)38-46(41,42)34-20-14-27(3)15-21-34/h6-7,9-10,12-21,23-24,26,32H,8,11,22,25H2,1-5H3,(H,38,40). The van der Waals surface area contributed by atoms with Crippen LogP contribution in [0.1, 0.15) is 69.1 Å². The normalized spacial score (nSPS) is 16.2. The van der Waals surface area contributed by atoms with Crippen molar-refractivity contribution in [3.8, 4) is 16.9 Å². The van der Waals surface area contributed by atoms with Crippen molar-refractivity contribution in [1.82, 2.24) is 9.03 Å². The largest absolute Gasteiger partial charge is 0.478 e. The van der Waals surface area contributed by atoms with Gasteiger partial charge >= 0.3 is 0 Å². The number of hydrogen-bond donors (Lipinski definition) is 1. The van der Waals surface area contributed by atoms with Crippen LogP contribution in [0.4, 0.5) is 0 Å². The number of ether oxygens (including phenoxy) is 1. The molecule has 47 heavy (non-hydrogen) atoms. The highest BCUT2D eigenvalue weighted by molar-refractivity contribution is 7.90. The number of carbonyl (C=O) groups excluding carboxylic acids is 1. The van der Waals surface area contributed by atoms with Crippen molar-refractivity contribution >= 4 is 26.0 Å². The van der Waals surface area contributed by atoms with Crippen LogP contribution in [0.15, 0.2) is 107 Å². The first-order valence-corrected chi connectivity index (χ1v) is 18.7. The van der Waals surface area contributed by atoms with E-state index in [1.807, 2.05) is 31.2 Å². The molecule has 0 radical (unpaired) electrons. The summed E-state index contributed by atoms with van der Waals surface area (Å²) in [7, 11) is -7.84. The van der Waals surface area contributed by atoms with Crippen LogP contribution in [0.3, 0.4) is 0 Å². The van der Waals surface area contributed by atoms with Gasteiger partial charge in [-0.05, 0) is 104 Å². The second-order valence-electron chi connectivity index (χ2n) is 12.9. The lowest BCUT2D eigenvalue weighted by atomic mass is 9.91. The van der Waals surface area contributed by atoms with E-state index in [1.54, 1.807) is 52.8 Å². The van der Waals surface area contributed by atoms with Gasteiger partial charge in [0.2, 0.25) is 10.0 Å². The molecule has 1 amide bonds. The zero-order valence-electron chi connectivity index (χ0n) is 27.4. The van der Waals surface area contributed by atoms with Gasteiger partial charge in [-0.15, -0.1) is 0 Å². The van der Waals surface area contributed by atoms with Crippen molar-refractivity contribution < 1.29 is 26.4 Å². The van der Waals surface area contributed by atoms with Crippen LogP contribution in [-0.4, -0.2) is 45.7 Å². The Morgan fingerprint density at radius 3 is 2.21 bits per heavy atom. The molecule has 0 saturated carbocycles. The third kappa shape index (κ3) is 7.94. The Labute approximate surface area is 278 Å². The molecule has 0 bridgehead atoms. The summed E-state index contributed by atoms with van der Waals surface area (Å²) >= 11 is 0. The molecule has 4 aromatic carbocycles. The molecule has 1 saturated heterocycles. The lowest BCUT2D eigenvalue weighted by molar-refractivity contribution is -0.132. The first-order chi connectivity index (χ1) is 22.2. The van der Waals surface area contributed by atoms with E-state index in [4.69, 9.17) is 4.74 Å². The molecule has 5 rings (SSSR count). The number of nitrogens with zero attached hydrogens (tertiary/aromatic N) is 1. The summed E-state index contributed by atoms with van der Waals surface area (Å²) in [6.07, 6.45) is 1.48. The van der Waals surface area contributed by atoms with E-state index < -0.39 is 31.6 Å². The van der Waals surface area contributed by atoms with Gasteiger partial charge in [0.1, 0.15) is 5.75 Å². The highest BCUT2D eigenvalue weighted by atomic mass is 32.2. The van der Waals surface area contributed by atoms with Crippen LogP contribution < -0.4 is 9.46 Å². The topological polar surface area (TPSA) is 110 Å². The van der Waals surface area contributed by atoms with E-state index in [0.717, 1.165) is 28.7 Å². The van der Waals surface area contributed by atoms with Gasteiger partial charge in [-0.3, -0.25) is 4.79 Å². The van der Waals surface area contributed by atoms with E-state index in [9.17, 15) is 21.6 Å². The quantitative estimate of drug-likeness (QED) is 0.194. The number of amides is 1. The summed E-state index contributed by atoms with van der Waals surface area (Å²) < 4.78 is 63.0. The Morgan fingerprint density at radius 1 is 0.851 bits per heavy atom. The van der Waals surface area contributed by atoms with E-state index in [-0.39, 0.29) is 15.7 Å². The molecule has 0 aliphatic carbocycles. The zero-order chi connectivity index (χ0) is 34.0. The average molecular weight is 675 g/mol. The molecule has 1 N–H and O–H groups in total. The van der Waals surface area contributed by atoms with E-state index in [2.05, 4.69) is 30.7 Å². The maximum absolute atomic E-state index is 13.9. The van der Waals surface area contributed by atoms with E-state index in [0.29, 0.717) is 31.2 Å². The lowest BCUT2D eigenvalue weighted by Gasteiger charge is -2.32. The van der Waals surface area contributed by atoms with Crippen LogP contribution in [0.2, 0.25) is 0 Å². The Balaban J connectivity index is 1.29. The maximum Gasteiger partial charge on any atom is 0.277 e. The molecule has 248 valence electrons. The van der Waals surface area contributed by atoms with Gasteiger partial charge in [-0.1, -0.05) is 80.1 Å². The minimum atomic E-state index is -4.09. The smallest absolute Gasteiger partial charge is 0.277 e. The van der Waals surface area contributed by atoms with Gasteiger partial charge in [0.05, 0.1) is 9.79 Å². The van der Waals surface area contributed by atoms with Crippen molar-refractivity contribution in [3.05, 3.63) is 114 Å². The number of rotatable bonds is 10. The first-order valence-electron chi connectivity index (χ1n) is 15.8. The first kappa shape index (κ1) is 34.3. The zero-order valence-corrected chi connectivity index (χ0v) is 29.1. The summed E-state index contributed by atoms with van der Waals surface area (Å²) in [6, 6.07) is 28.7. The number of sulfonamides is 2. The number of nitrogens with one attached hydrogen (secondary N) is 1. The fourth-order valence-corrected chi connectivity index (χ4v) is 8.35. The summed E-state index contributed by atoms with van der Waals surface area (Å²) in [5.41, 5.74) is 3.30. The fraction of sp³-hybridized carbons (Fsp3) is 0.324. The second kappa shape index (κ2) is 13.6. The fourth-order valence-electron chi connectivity index (χ4n) is 5.67. The van der Waals surface area contributed by atoms with Gasteiger partial charge in [-0.2, -0.15) is 4.31 Å². The van der Waals surface area contributed by atoms with Crippen molar-refractivity contribution in [1.29, 1.82) is 0 Å². The van der Waals surface area contributed by atoms with Gasteiger partial charge in [0, 0.05) is 13.1 Å². The highest BCUT2D eigenvalue weighted by Gasteiger charge is 2.35. The second-order valence-corrected chi connectivity index (χ2v) is 16.6. The number of benzene rings is 4. The van der Waals surface area contributed by atoms with Crippen molar-refractivity contribution in [2.45, 2.75) is 74.7 Å². The summed E-state index contributed by atoms with van der Waals surface area (Å²) in [4.78, 5) is 13.3. The van der Waals surface area contributed by atoms with Crippen molar-refractivity contribution in [2.24, 2.45) is 0 Å². The third-order valence-corrected chi connectivity index (χ3v) is 11.8. The molecular weight excluding hydrogens is 633 g/mol. The Morgan fingerprint density at radius 2 is 1.53 bits per heavy atom. The molecule has 1 unspecified atom stereocenters. The Kier molecular flexibility index (Phi) is 9.96. The molecule has 8 nitrogen and oxygen atoms in total. The molecular formula is C37H42N2O6S2. The molecule has 1 fully saturated rings. The summed E-state index contributed by atoms with van der Waals surface area (Å²) in [6.45, 7) is 9.85. The number of carbonyl (C=O) groups is 1. The van der Waals surface area contributed by atoms with Crippen LogP contribution in [0.25, 0.3) is 11.1 Å². The number of aryl methyl sites for hydroxylation is 1. The molecule has 10 heteroatoms. The van der Waals surface area contributed by atoms with Crippen LogP contribution in [0.5, 0.6) is 5.75 Å². The molecule has 0 aromatic heterocycles. The van der Waals surface area contributed by atoms with Crippen LogP contribution in [-0.2, 0) is 24.8 Å². The van der Waals surface area contributed by atoms with E-state index >= 15 is 0 Å². The predicted molar refractivity (Wildman–Crippen MR) is 184 cm³/mol. The molecule has 1 aliphatic heterocycles. The van der Waals surface area contributed by atoms with Crippen LogP contribution >= 0.6 is 0 Å². The van der Waals surface area contributed by atoms with E-state index in [1.165, 1.54) is 31.5 Å². The van der Waals surface area contributed by atoms with Gasteiger partial charge in [0.15, 0.2) is 5.60 Å². The summed E-state index contributed by atoms with van der Waals surface area (Å²) in [5.74, 6) is -0.106. The Hall–Kier alpha value is -3.99. The predicted octanol–water partition coefficient (Wildman–Crippen LogP) is 7.02. The van der Waals surface area contributed by atoms with Gasteiger partial charge in [-0.25, -0.2) is 21.6 Å². The monoisotopic (exact) mass is 674 g/mol. The SMILES string of the molecule is Cc1ccc(S(=O)(=O)NC(=O)C(C)(C)Oc2cccc(C3CCCN(S(=O)(=O)c4cccc(-c5ccc(C(C)C)cc5)c4)C3)c2)cc1. The molecule has 1 aliphatic rings. The molecule has 1 heterocycles. The van der Waals surface area contributed by atoms with Crippen LogP contribution in [0, 0.1) is 6.92 Å². The molecule has 1 atom stereocenters. The maximum atomic E-state index is 13.9. The van der Waals surface area contributed by atoms with Gasteiger partial charge in [0.25, 0.3) is 15.9 Å². The summed E-state index contributed by atoms with van der Waals surface area (Å²) in [5, 5.41) is 0. The highest BCUT2D eigenvalue weighted by Crippen LogP contribution is 2.34. The Bertz CT molecular complexity index is 1950. The molecule has 4 aromatic rings. The number of hydrogen-bond acceptors (Lipinski definition) is 6. The minimum absolute atomic E-state index is 0.0157. The van der Waals surface area contributed by atoms with Gasteiger partial charge < -0.3 is 4.74 Å². The number of piperidine rings is 1. The third-order valence-electron chi connectivity index (χ3n) is 8.57. The van der Waals surface area contributed by atoms with Crippen molar-refractivity contribution in [3.63, 3.8) is 0 Å².